The maximum atomic E-state index is 11.7. The fraction of sp³-hybridized carbons (Fsp3) is 0.636. The van der Waals surface area contributed by atoms with Gasteiger partial charge in [0.2, 0.25) is 5.91 Å². The molecule has 1 aliphatic carbocycles. The molecule has 1 saturated carbocycles. The van der Waals surface area contributed by atoms with Crippen molar-refractivity contribution in [2.24, 2.45) is 5.92 Å². The van der Waals surface area contributed by atoms with Gasteiger partial charge in [-0.1, -0.05) is 0 Å². The molecule has 2 atom stereocenters. The van der Waals surface area contributed by atoms with E-state index in [1.165, 1.54) is 12.8 Å². The van der Waals surface area contributed by atoms with Crippen LogP contribution in [0.1, 0.15) is 59.9 Å². The number of carbonyl (C=O) groups excluding carboxylic acids is 1. The minimum absolute atomic E-state index is 0.0922. The Hall–Kier alpha value is -2.06. The van der Waals surface area contributed by atoms with Gasteiger partial charge in [0.05, 0.1) is 23.0 Å². The number of carbonyl (C=O) groups is 1. The quantitative estimate of drug-likeness (QED) is 0.766. The molecule has 1 N–H and O–H groups in total. The molecule has 0 bridgehead atoms. The molecule has 2 aromatic rings. The molecule has 0 unspecified atom stereocenters. The Bertz CT molecular complexity index is 982. The number of hydrogen-bond donors (Lipinski definition) is 1. The molecule has 8 heteroatoms. The zero-order valence-corrected chi connectivity index (χ0v) is 18.4. The smallest absolute Gasteiger partial charge is 0.488 e. The number of nitrogens with zero attached hydrogens (tertiary/aromatic N) is 2. The average Bonchev–Trinajstić information content (AvgIpc) is 3.18. The number of ether oxygens (including phenoxy) is 1. The number of fused-ring (bicyclic) bond motifs is 1. The van der Waals surface area contributed by atoms with Crippen molar-refractivity contribution in [2.45, 2.75) is 77.2 Å². The van der Waals surface area contributed by atoms with Gasteiger partial charge in [-0.3, -0.25) is 4.79 Å². The van der Waals surface area contributed by atoms with Crippen LogP contribution in [0.15, 0.2) is 18.5 Å². The standard InChI is InChI=1S/C22H30BN3O4/c1-13(14-8-19(27)24-11-14)28-18-10-15(23-29-21(2,3)22(4,5)30-23)9-17-20(18)26(12-25-17)16-6-7-16/h9-10,12-14,16H,6-8,11H2,1-5H3,(H,24,27)/t13-,14-/m1/s1. The van der Waals surface area contributed by atoms with E-state index in [4.69, 9.17) is 14.0 Å². The molecule has 30 heavy (non-hydrogen) atoms. The van der Waals surface area contributed by atoms with E-state index in [1.54, 1.807) is 0 Å². The first kappa shape index (κ1) is 19.9. The third-order valence-electron chi connectivity index (χ3n) is 7.11. The fourth-order valence-electron chi connectivity index (χ4n) is 4.24. The van der Waals surface area contributed by atoms with Gasteiger partial charge in [-0.2, -0.15) is 0 Å². The highest BCUT2D eigenvalue weighted by atomic mass is 16.7. The van der Waals surface area contributed by atoms with Gasteiger partial charge in [-0.05, 0) is 65.1 Å². The van der Waals surface area contributed by atoms with Crippen LogP contribution in [0.4, 0.5) is 0 Å². The Morgan fingerprint density at radius 3 is 2.53 bits per heavy atom. The summed E-state index contributed by atoms with van der Waals surface area (Å²) in [6.45, 7) is 10.9. The van der Waals surface area contributed by atoms with Gasteiger partial charge in [0.15, 0.2) is 0 Å². The van der Waals surface area contributed by atoms with Crippen molar-refractivity contribution in [1.82, 2.24) is 14.9 Å². The van der Waals surface area contributed by atoms with Crippen LogP contribution in [0.2, 0.25) is 0 Å². The molecule has 3 fully saturated rings. The lowest BCUT2D eigenvalue weighted by Gasteiger charge is -2.32. The first-order valence-electron chi connectivity index (χ1n) is 10.9. The minimum atomic E-state index is -0.474. The van der Waals surface area contributed by atoms with Crippen molar-refractivity contribution in [3.05, 3.63) is 18.5 Å². The van der Waals surface area contributed by atoms with Crippen molar-refractivity contribution in [3.8, 4) is 5.75 Å². The van der Waals surface area contributed by atoms with E-state index in [2.05, 4.69) is 48.6 Å². The number of benzene rings is 1. The first-order valence-corrected chi connectivity index (χ1v) is 10.9. The van der Waals surface area contributed by atoms with Gasteiger partial charge in [0.25, 0.3) is 0 Å². The molecule has 3 aliphatic rings. The van der Waals surface area contributed by atoms with Gasteiger partial charge in [0.1, 0.15) is 17.4 Å². The topological polar surface area (TPSA) is 74.6 Å². The molecule has 1 aromatic heterocycles. The largest absolute Gasteiger partial charge is 0.495 e. The second-order valence-electron chi connectivity index (χ2n) is 9.95. The van der Waals surface area contributed by atoms with Gasteiger partial charge in [-0.15, -0.1) is 0 Å². The van der Waals surface area contributed by atoms with E-state index in [-0.39, 0.29) is 17.9 Å². The Morgan fingerprint density at radius 1 is 1.23 bits per heavy atom. The number of amides is 1. The van der Waals surface area contributed by atoms with Crippen molar-refractivity contribution in [2.75, 3.05) is 6.54 Å². The molecule has 0 radical (unpaired) electrons. The molecule has 7 nitrogen and oxygen atoms in total. The summed E-state index contributed by atoms with van der Waals surface area (Å²) in [6, 6.07) is 4.57. The minimum Gasteiger partial charge on any atom is -0.488 e. The SMILES string of the molecule is C[C@@H](Oc1cc(B2OC(C)(C)C(C)(C)O2)cc2ncn(C3CC3)c12)[C@H]1CNC(=O)C1. The molecule has 1 aromatic carbocycles. The molecule has 1 amide bonds. The molecule has 2 saturated heterocycles. The normalized spacial score (nSPS) is 26.2. The predicted molar refractivity (Wildman–Crippen MR) is 115 cm³/mol. The van der Waals surface area contributed by atoms with Crippen LogP contribution in [0.25, 0.3) is 11.0 Å². The number of imidazole rings is 1. The Balaban J connectivity index is 1.52. The van der Waals surface area contributed by atoms with Crippen LogP contribution >= 0.6 is 0 Å². The van der Waals surface area contributed by atoms with Crippen LogP contribution in [0.5, 0.6) is 5.75 Å². The summed E-state index contributed by atoms with van der Waals surface area (Å²) in [5, 5.41) is 2.91. The highest BCUT2D eigenvalue weighted by Gasteiger charge is 2.52. The second kappa shape index (κ2) is 6.72. The summed E-state index contributed by atoms with van der Waals surface area (Å²) in [4.78, 5) is 16.3. The molecule has 0 spiro atoms. The van der Waals surface area contributed by atoms with Crippen LogP contribution in [-0.2, 0) is 14.1 Å². The van der Waals surface area contributed by atoms with E-state index in [0.29, 0.717) is 19.0 Å². The molecule has 2 aliphatic heterocycles. The number of aromatic nitrogens is 2. The summed E-state index contributed by atoms with van der Waals surface area (Å²) >= 11 is 0. The van der Waals surface area contributed by atoms with E-state index >= 15 is 0 Å². The van der Waals surface area contributed by atoms with Crippen LogP contribution in [-0.4, -0.2) is 46.4 Å². The van der Waals surface area contributed by atoms with Crippen molar-refractivity contribution >= 4 is 29.5 Å². The van der Waals surface area contributed by atoms with Gasteiger partial charge < -0.3 is 23.9 Å². The Morgan fingerprint density at radius 2 is 1.93 bits per heavy atom. The summed E-state index contributed by atoms with van der Waals surface area (Å²) in [7, 11) is -0.474. The highest BCUT2D eigenvalue weighted by Crippen LogP contribution is 2.41. The van der Waals surface area contributed by atoms with Crippen LogP contribution in [0.3, 0.4) is 0 Å². The summed E-state index contributed by atoms with van der Waals surface area (Å²) in [5.74, 6) is 1.04. The second-order valence-corrected chi connectivity index (χ2v) is 9.95. The van der Waals surface area contributed by atoms with Gasteiger partial charge >= 0.3 is 7.12 Å². The zero-order valence-electron chi connectivity index (χ0n) is 18.4. The van der Waals surface area contributed by atoms with Crippen LogP contribution < -0.4 is 15.5 Å². The summed E-state index contributed by atoms with van der Waals surface area (Å²) < 4.78 is 21.2. The van der Waals surface area contributed by atoms with E-state index in [1.807, 2.05) is 19.3 Å². The van der Waals surface area contributed by atoms with Crippen molar-refractivity contribution in [3.63, 3.8) is 0 Å². The van der Waals surface area contributed by atoms with E-state index in [0.717, 1.165) is 22.2 Å². The molecule has 5 rings (SSSR count). The third-order valence-corrected chi connectivity index (χ3v) is 7.11. The van der Waals surface area contributed by atoms with E-state index < -0.39 is 18.3 Å². The first-order chi connectivity index (χ1) is 14.1. The lowest BCUT2D eigenvalue weighted by molar-refractivity contribution is -0.119. The predicted octanol–water partition coefficient (Wildman–Crippen LogP) is 2.57. The van der Waals surface area contributed by atoms with E-state index in [9.17, 15) is 4.79 Å². The molecular weight excluding hydrogens is 381 g/mol. The van der Waals surface area contributed by atoms with Gasteiger partial charge in [0, 0.05) is 24.9 Å². The Labute approximate surface area is 177 Å². The number of rotatable bonds is 5. The van der Waals surface area contributed by atoms with Crippen molar-refractivity contribution in [1.29, 1.82) is 0 Å². The van der Waals surface area contributed by atoms with Gasteiger partial charge in [-0.25, -0.2) is 4.98 Å². The fourth-order valence-corrected chi connectivity index (χ4v) is 4.24. The maximum Gasteiger partial charge on any atom is 0.495 e. The third kappa shape index (κ3) is 3.30. The maximum absolute atomic E-state index is 11.7. The van der Waals surface area contributed by atoms with Crippen LogP contribution in [0, 0.1) is 5.92 Å². The van der Waals surface area contributed by atoms with Crippen molar-refractivity contribution < 1.29 is 18.8 Å². The molecular formula is C22H30BN3O4. The number of nitrogens with one attached hydrogen (secondary N) is 1. The summed E-state index contributed by atoms with van der Waals surface area (Å²) in [5.41, 5.74) is 1.98. The Kier molecular flexibility index (Phi) is 4.45. The number of hydrogen-bond acceptors (Lipinski definition) is 5. The monoisotopic (exact) mass is 411 g/mol. The molecule has 160 valence electrons. The molecule has 3 heterocycles. The lowest BCUT2D eigenvalue weighted by Crippen LogP contribution is -2.41. The lowest BCUT2D eigenvalue weighted by atomic mass is 9.78. The highest BCUT2D eigenvalue weighted by molar-refractivity contribution is 6.62. The average molecular weight is 411 g/mol. The zero-order chi connectivity index (χ0) is 21.3. The summed E-state index contributed by atoms with van der Waals surface area (Å²) in [6.07, 6.45) is 4.65.